The lowest BCUT2D eigenvalue weighted by Crippen LogP contribution is -2.14. The van der Waals surface area contributed by atoms with Gasteiger partial charge in [0.15, 0.2) is 0 Å². The van der Waals surface area contributed by atoms with Crippen LogP contribution >= 0.6 is 0 Å². The van der Waals surface area contributed by atoms with Crippen molar-refractivity contribution in [1.29, 1.82) is 0 Å². The Morgan fingerprint density at radius 2 is 1.65 bits per heavy atom. The van der Waals surface area contributed by atoms with Crippen LogP contribution in [-0.4, -0.2) is 28.4 Å². The van der Waals surface area contributed by atoms with Crippen LogP contribution in [0.4, 0.5) is 11.4 Å². The molecule has 134 valence electrons. The first kappa shape index (κ1) is 18.5. The molecule has 10 heteroatoms. The standard InChI is InChI=1S/C16H12N2O8/c1-2-25-15(19)12-5-3-4-6-14(12)26-16(20)11-8-7-10(17(21)22)9-13(11)18(23)24/h3-9H,2H2,1H3. The number of nitro benzene ring substituents is 2. The van der Waals surface area contributed by atoms with Gasteiger partial charge >= 0.3 is 11.9 Å². The summed E-state index contributed by atoms with van der Waals surface area (Å²) in [6.07, 6.45) is 0. The molecule has 0 bridgehead atoms. The van der Waals surface area contributed by atoms with Gasteiger partial charge in [-0.05, 0) is 25.1 Å². The molecule has 26 heavy (non-hydrogen) atoms. The number of carbonyl (C=O) groups excluding carboxylic acids is 2. The van der Waals surface area contributed by atoms with Gasteiger partial charge in [0, 0.05) is 6.07 Å². The predicted molar refractivity (Wildman–Crippen MR) is 87.1 cm³/mol. The number of non-ortho nitro benzene ring substituents is 1. The summed E-state index contributed by atoms with van der Waals surface area (Å²) >= 11 is 0. The van der Waals surface area contributed by atoms with E-state index in [2.05, 4.69) is 0 Å². The van der Waals surface area contributed by atoms with Gasteiger partial charge in [-0.25, -0.2) is 9.59 Å². The Hall–Kier alpha value is -3.82. The number of para-hydroxylation sites is 1. The summed E-state index contributed by atoms with van der Waals surface area (Å²) in [6.45, 7) is 1.71. The molecule has 0 N–H and O–H groups in total. The first-order valence-corrected chi connectivity index (χ1v) is 7.26. The van der Waals surface area contributed by atoms with E-state index in [1.165, 1.54) is 24.3 Å². The summed E-state index contributed by atoms with van der Waals surface area (Å²) in [5, 5.41) is 21.9. The first-order valence-electron chi connectivity index (χ1n) is 7.26. The summed E-state index contributed by atoms with van der Waals surface area (Å²) in [6, 6.07) is 8.24. The van der Waals surface area contributed by atoms with Crippen LogP contribution in [0.15, 0.2) is 42.5 Å². The highest BCUT2D eigenvalue weighted by atomic mass is 16.6. The summed E-state index contributed by atoms with van der Waals surface area (Å²) in [7, 11) is 0. The molecule has 0 aliphatic carbocycles. The zero-order chi connectivity index (χ0) is 19.3. The van der Waals surface area contributed by atoms with E-state index in [1.807, 2.05) is 0 Å². The molecular weight excluding hydrogens is 348 g/mol. The van der Waals surface area contributed by atoms with Crippen LogP contribution in [0.1, 0.15) is 27.6 Å². The molecule has 0 unspecified atom stereocenters. The molecule has 0 atom stereocenters. The Balaban J connectivity index is 2.38. The number of nitro groups is 2. The molecule has 0 aromatic heterocycles. The fourth-order valence-electron chi connectivity index (χ4n) is 2.05. The van der Waals surface area contributed by atoms with Crippen molar-refractivity contribution in [3.05, 3.63) is 73.8 Å². The van der Waals surface area contributed by atoms with Crippen LogP contribution in [-0.2, 0) is 4.74 Å². The van der Waals surface area contributed by atoms with Crippen LogP contribution in [0.3, 0.4) is 0 Å². The smallest absolute Gasteiger partial charge is 0.350 e. The normalized spacial score (nSPS) is 10.0. The molecule has 0 fully saturated rings. The SMILES string of the molecule is CCOC(=O)c1ccccc1OC(=O)c1ccc([N+](=O)[O-])cc1[N+](=O)[O-]. The monoisotopic (exact) mass is 360 g/mol. The quantitative estimate of drug-likeness (QED) is 0.331. The van der Waals surface area contributed by atoms with Crippen molar-refractivity contribution in [1.82, 2.24) is 0 Å². The maximum Gasteiger partial charge on any atom is 0.350 e. The molecule has 0 radical (unpaired) electrons. The van der Waals surface area contributed by atoms with Gasteiger partial charge in [-0.1, -0.05) is 12.1 Å². The molecule has 0 aliphatic heterocycles. The van der Waals surface area contributed by atoms with E-state index in [9.17, 15) is 29.8 Å². The van der Waals surface area contributed by atoms with E-state index < -0.39 is 38.7 Å². The van der Waals surface area contributed by atoms with Crippen molar-refractivity contribution in [2.45, 2.75) is 6.92 Å². The van der Waals surface area contributed by atoms with Crippen LogP contribution < -0.4 is 4.74 Å². The molecule has 0 spiro atoms. The van der Waals surface area contributed by atoms with Crippen molar-refractivity contribution in [2.75, 3.05) is 6.61 Å². The minimum atomic E-state index is -1.14. The number of nitrogens with zero attached hydrogens (tertiary/aromatic N) is 2. The molecular formula is C16H12N2O8. The minimum absolute atomic E-state index is 0.0349. The van der Waals surface area contributed by atoms with Gasteiger partial charge in [-0.15, -0.1) is 0 Å². The molecule has 0 amide bonds. The van der Waals surface area contributed by atoms with Gasteiger partial charge < -0.3 is 9.47 Å². The number of esters is 2. The summed E-state index contributed by atoms with van der Waals surface area (Å²) in [4.78, 5) is 44.3. The van der Waals surface area contributed by atoms with Crippen molar-refractivity contribution < 1.29 is 28.9 Å². The van der Waals surface area contributed by atoms with E-state index in [1.54, 1.807) is 6.92 Å². The number of ether oxygens (including phenoxy) is 2. The molecule has 2 aromatic rings. The van der Waals surface area contributed by atoms with Crippen LogP contribution in [0.5, 0.6) is 5.75 Å². The van der Waals surface area contributed by atoms with Gasteiger partial charge in [0.2, 0.25) is 0 Å². The van der Waals surface area contributed by atoms with E-state index in [0.717, 1.165) is 12.1 Å². The molecule has 0 saturated heterocycles. The lowest BCUT2D eigenvalue weighted by atomic mass is 10.1. The number of hydrogen-bond donors (Lipinski definition) is 0. The molecule has 2 aromatic carbocycles. The lowest BCUT2D eigenvalue weighted by molar-refractivity contribution is -0.394. The van der Waals surface area contributed by atoms with Gasteiger partial charge in [0.05, 0.1) is 22.5 Å². The molecule has 0 heterocycles. The average Bonchev–Trinajstić information content (AvgIpc) is 2.61. The van der Waals surface area contributed by atoms with E-state index >= 15 is 0 Å². The van der Waals surface area contributed by atoms with Crippen molar-refractivity contribution in [3.8, 4) is 5.75 Å². The largest absolute Gasteiger partial charge is 0.462 e. The van der Waals surface area contributed by atoms with Crippen molar-refractivity contribution in [2.24, 2.45) is 0 Å². The second kappa shape index (κ2) is 7.83. The number of rotatable bonds is 6. The van der Waals surface area contributed by atoms with Crippen molar-refractivity contribution >= 4 is 23.3 Å². The number of hydrogen-bond acceptors (Lipinski definition) is 8. The summed E-state index contributed by atoms with van der Waals surface area (Å²) in [5.74, 6) is -2.01. The van der Waals surface area contributed by atoms with Gasteiger partial charge in [-0.3, -0.25) is 20.2 Å². The second-order valence-corrected chi connectivity index (χ2v) is 4.82. The zero-order valence-corrected chi connectivity index (χ0v) is 13.4. The maximum atomic E-state index is 12.3. The Morgan fingerprint density at radius 1 is 0.962 bits per heavy atom. The predicted octanol–water partition coefficient (Wildman–Crippen LogP) is 2.90. The lowest BCUT2D eigenvalue weighted by Gasteiger charge is -2.09. The highest BCUT2D eigenvalue weighted by molar-refractivity contribution is 5.98. The third-order valence-electron chi connectivity index (χ3n) is 3.19. The van der Waals surface area contributed by atoms with Gasteiger partial charge in [0.1, 0.15) is 16.9 Å². The molecule has 0 aliphatic rings. The molecule has 10 nitrogen and oxygen atoms in total. The van der Waals surface area contributed by atoms with Gasteiger partial charge in [0.25, 0.3) is 11.4 Å². The first-order chi connectivity index (χ1) is 12.3. The minimum Gasteiger partial charge on any atom is -0.462 e. The third kappa shape index (κ3) is 3.98. The zero-order valence-electron chi connectivity index (χ0n) is 13.4. The molecule has 0 saturated carbocycles. The Morgan fingerprint density at radius 3 is 2.27 bits per heavy atom. The van der Waals surface area contributed by atoms with Crippen LogP contribution in [0, 0.1) is 20.2 Å². The van der Waals surface area contributed by atoms with E-state index in [0.29, 0.717) is 6.07 Å². The highest BCUT2D eigenvalue weighted by Crippen LogP contribution is 2.27. The fourth-order valence-corrected chi connectivity index (χ4v) is 2.05. The van der Waals surface area contributed by atoms with E-state index in [4.69, 9.17) is 9.47 Å². The van der Waals surface area contributed by atoms with Crippen molar-refractivity contribution in [3.63, 3.8) is 0 Å². The average molecular weight is 360 g/mol. The Kier molecular flexibility index (Phi) is 5.58. The van der Waals surface area contributed by atoms with Gasteiger partial charge in [-0.2, -0.15) is 0 Å². The molecule has 2 rings (SSSR count). The fraction of sp³-hybridized carbons (Fsp3) is 0.125. The topological polar surface area (TPSA) is 139 Å². The second-order valence-electron chi connectivity index (χ2n) is 4.82. The van der Waals surface area contributed by atoms with Crippen LogP contribution in [0.2, 0.25) is 0 Å². The number of carbonyl (C=O) groups is 2. The summed E-state index contributed by atoms with van der Waals surface area (Å²) in [5.41, 5.74) is -1.84. The highest BCUT2D eigenvalue weighted by Gasteiger charge is 2.26. The number of benzene rings is 2. The Labute approximate surface area is 146 Å². The maximum absolute atomic E-state index is 12.3. The third-order valence-corrected chi connectivity index (χ3v) is 3.19. The Bertz CT molecular complexity index is 894. The van der Waals surface area contributed by atoms with Crippen LogP contribution in [0.25, 0.3) is 0 Å². The van der Waals surface area contributed by atoms with E-state index in [-0.39, 0.29) is 17.9 Å². The summed E-state index contributed by atoms with van der Waals surface area (Å²) < 4.78 is 9.92.